The Labute approximate surface area is 120 Å². The molecule has 0 aromatic rings. The molecule has 0 saturated carbocycles. The number of hydrogen-bond donors (Lipinski definition) is 1. The van der Waals surface area contributed by atoms with E-state index in [4.69, 9.17) is 9.47 Å². The molecule has 2 atom stereocenters. The van der Waals surface area contributed by atoms with Crippen LogP contribution in [-0.4, -0.2) is 53.5 Å². The van der Waals surface area contributed by atoms with Crippen molar-refractivity contribution in [3.8, 4) is 0 Å². The molecule has 0 aromatic carbocycles. The van der Waals surface area contributed by atoms with Crippen LogP contribution in [0.1, 0.15) is 40.5 Å². The van der Waals surface area contributed by atoms with Gasteiger partial charge < -0.3 is 14.6 Å². The standard InChI is InChI=1S/C14H25NO5/c1-5-19-12(17)11-8-10(9-16)6-7-15(11)13(18)20-14(2,3)4/h10-11,16H,5-9H2,1-4H3/t10-,11+/m1/s1. The summed E-state index contributed by atoms with van der Waals surface area (Å²) in [6.45, 7) is 7.74. The van der Waals surface area contributed by atoms with Crippen molar-refractivity contribution in [1.29, 1.82) is 0 Å². The zero-order valence-electron chi connectivity index (χ0n) is 12.7. The fraction of sp³-hybridized carbons (Fsp3) is 0.857. The molecule has 1 aliphatic rings. The number of carbonyl (C=O) groups excluding carboxylic acids is 2. The highest BCUT2D eigenvalue weighted by atomic mass is 16.6. The van der Waals surface area contributed by atoms with Gasteiger partial charge >= 0.3 is 12.1 Å². The van der Waals surface area contributed by atoms with Crippen molar-refractivity contribution in [2.24, 2.45) is 5.92 Å². The highest BCUT2D eigenvalue weighted by Crippen LogP contribution is 2.25. The van der Waals surface area contributed by atoms with Crippen molar-refractivity contribution in [3.05, 3.63) is 0 Å². The molecule has 20 heavy (non-hydrogen) atoms. The third-order valence-corrected chi connectivity index (χ3v) is 3.16. The van der Waals surface area contributed by atoms with E-state index in [0.29, 0.717) is 19.4 Å². The molecule has 1 aliphatic heterocycles. The van der Waals surface area contributed by atoms with Gasteiger partial charge in [-0.3, -0.25) is 4.90 Å². The SMILES string of the molecule is CCOC(=O)[C@@H]1C[C@H](CO)CCN1C(=O)OC(C)(C)C. The molecule has 1 N–H and O–H groups in total. The number of amides is 1. The Morgan fingerprint density at radius 3 is 2.50 bits per heavy atom. The van der Waals surface area contributed by atoms with Crippen LogP contribution >= 0.6 is 0 Å². The van der Waals surface area contributed by atoms with E-state index < -0.39 is 23.7 Å². The second kappa shape index (κ2) is 6.92. The molecule has 116 valence electrons. The van der Waals surface area contributed by atoms with Gasteiger partial charge in [-0.1, -0.05) is 0 Å². The average molecular weight is 287 g/mol. The largest absolute Gasteiger partial charge is 0.464 e. The molecule has 0 radical (unpaired) electrons. The van der Waals surface area contributed by atoms with Gasteiger partial charge in [0.25, 0.3) is 0 Å². The molecule has 1 heterocycles. The minimum absolute atomic E-state index is 0.0120. The monoisotopic (exact) mass is 287 g/mol. The first kappa shape index (κ1) is 16.8. The first-order valence-electron chi connectivity index (χ1n) is 7.05. The summed E-state index contributed by atoms with van der Waals surface area (Å²) in [5.74, 6) is -0.417. The van der Waals surface area contributed by atoms with Gasteiger partial charge in [-0.2, -0.15) is 0 Å². The lowest BCUT2D eigenvalue weighted by Crippen LogP contribution is -2.52. The Bertz CT molecular complexity index is 350. The smallest absolute Gasteiger partial charge is 0.411 e. The molecule has 1 saturated heterocycles. The molecule has 0 bridgehead atoms. The summed E-state index contributed by atoms with van der Waals surface area (Å²) in [4.78, 5) is 25.6. The van der Waals surface area contributed by atoms with Crippen LogP contribution in [0.15, 0.2) is 0 Å². The lowest BCUT2D eigenvalue weighted by molar-refractivity contribution is -0.151. The summed E-state index contributed by atoms with van der Waals surface area (Å²) in [5.41, 5.74) is -0.607. The molecule has 6 heteroatoms. The molecule has 0 unspecified atom stereocenters. The van der Waals surface area contributed by atoms with Gasteiger partial charge in [0.15, 0.2) is 0 Å². The number of ether oxygens (including phenoxy) is 2. The molecule has 6 nitrogen and oxygen atoms in total. The number of rotatable bonds is 3. The Kier molecular flexibility index (Phi) is 5.80. The summed E-state index contributed by atoms with van der Waals surface area (Å²) < 4.78 is 10.3. The van der Waals surface area contributed by atoms with Gasteiger partial charge in [0.05, 0.1) is 6.61 Å². The zero-order valence-corrected chi connectivity index (χ0v) is 12.7. The Morgan fingerprint density at radius 1 is 1.35 bits per heavy atom. The zero-order chi connectivity index (χ0) is 15.3. The molecular formula is C14H25NO5. The van der Waals surface area contributed by atoms with E-state index >= 15 is 0 Å². The maximum Gasteiger partial charge on any atom is 0.411 e. The summed E-state index contributed by atoms with van der Waals surface area (Å²) in [5, 5.41) is 9.24. The van der Waals surface area contributed by atoms with Gasteiger partial charge in [-0.25, -0.2) is 9.59 Å². The molecule has 1 fully saturated rings. The van der Waals surface area contributed by atoms with E-state index in [0.717, 1.165) is 0 Å². The van der Waals surface area contributed by atoms with Gasteiger partial charge in [0.1, 0.15) is 11.6 Å². The van der Waals surface area contributed by atoms with Crippen LogP contribution < -0.4 is 0 Å². The first-order valence-corrected chi connectivity index (χ1v) is 7.05. The fourth-order valence-electron chi connectivity index (χ4n) is 2.21. The molecule has 1 amide bonds. The lowest BCUT2D eigenvalue weighted by Gasteiger charge is -2.38. The minimum atomic E-state index is -0.671. The second-order valence-electron chi connectivity index (χ2n) is 6.01. The average Bonchev–Trinajstić information content (AvgIpc) is 2.36. The van der Waals surface area contributed by atoms with Gasteiger partial charge in [-0.15, -0.1) is 0 Å². The summed E-state index contributed by atoms with van der Waals surface area (Å²) in [7, 11) is 0. The predicted octanol–water partition coefficient (Wildman–Crippen LogP) is 1.56. The van der Waals surface area contributed by atoms with E-state index in [1.54, 1.807) is 27.7 Å². The van der Waals surface area contributed by atoms with Crippen LogP contribution in [0.2, 0.25) is 0 Å². The number of carbonyl (C=O) groups is 2. The summed E-state index contributed by atoms with van der Waals surface area (Å²) in [6, 6.07) is -0.671. The number of esters is 1. The molecule has 0 aromatic heterocycles. The topological polar surface area (TPSA) is 76.1 Å². The fourth-order valence-corrected chi connectivity index (χ4v) is 2.21. The number of piperidine rings is 1. The van der Waals surface area contributed by atoms with Crippen molar-refractivity contribution in [1.82, 2.24) is 4.90 Å². The lowest BCUT2D eigenvalue weighted by atomic mass is 9.92. The third kappa shape index (κ3) is 4.67. The van der Waals surface area contributed by atoms with Crippen LogP contribution in [0.25, 0.3) is 0 Å². The van der Waals surface area contributed by atoms with Crippen LogP contribution in [0.3, 0.4) is 0 Å². The summed E-state index contributed by atoms with van der Waals surface area (Å²) in [6.07, 6.45) is 0.562. The van der Waals surface area contributed by atoms with E-state index in [-0.39, 0.29) is 19.1 Å². The normalized spacial score (nSPS) is 23.4. The van der Waals surface area contributed by atoms with E-state index in [1.807, 2.05) is 0 Å². The van der Waals surface area contributed by atoms with Crippen molar-refractivity contribution >= 4 is 12.1 Å². The van der Waals surface area contributed by atoms with Crippen LogP contribution in [-0.2, 0) is 14.3 Å². The Morgan fingerprint density at radius 2 is 2.00 bits per heavy atom. The van der Waals surface area contributed by atoms with Gasteiger partial charge in [0.2, 0.25) is 0 Å². The summed E-state index contributed by atoms with van der Waals surface area (Å²) >= 11 is 0. The van der Waals surface area contributed by atoms with Crippen LogP contribution in [0.5, 0.6) is 0 Å². The first-order chi connectivity index (χ1) is 9.28. The molecule has 1 rings (SSSR count). The minimum Gasteiger partial charge on any atom is -0.464 e. The number of nitrogens with zero attached hydrogens (tertiary/aromatic N) is 1. The third-order valence-electron chi connectivity index (χ3n) is 3.16. The van der Waals surface area contributed by atoms with Crippen molar-refractivity contribution < 1.29 is 24.2 Å². The quantitative estimate of drug-likeness (QED) is 0.797. The number of hydrogen-bond acceptors (Lipinski definition) is 5. The van der Waals surface area contributed by atoms with Crippen LogP contribution in [0.4, 0.5) is 4.79 Å². The van der Waals surface area contributed by atoms with Gasteiger partial charge in [-0.05, 0) is 46.5 Å². The van der Waals surface area contributed by atoms with Crippen LogP contribution in [0, 0.1) is 5.92 Å². The Balaban J connectivity index is 2.80. The maximum atomic E-state index is 12.2. The Hall–Kier alpha value is -1.30. The second-order valence-corrected chi connectivity index (χ2v) is 6.01. The van der Waals surface area contributed by atoms with Crippen molar-refractivity contribution in [3.63, 3.8) is 0 Å². The van der Waals surface area contributed by atoms with Gasteiger partial charge in [0, 0.05) is 13.2 Å². The number of likely N-dealkylation sites (tertiary alicyclic amines) is 1. The van der Waals surface area contributed by atoms with E-state index in [2.05, 4.69) is 0 Å². The predicted molar refractivity (Wildman–Crippen MR) is 73.2 cm³/mol. The van der Waals surface area contributed by atoms with Crippen molar-refractivity contribution in [2.45, 2.75) is 52.2 Å². The maximum absolute atomic E-state index is 12.2. The van der Waals surface area contributed by atoms with E-state index in [1.165, 1.54) is 4.90 Å². The van der Waals surface area contributed by atoms with Crippen molar-refractivity contribution in [2.75, 3.05) is 19.8 Å². The van der Waals surface area contributed by atoms with E-state index in [9.17, 15) is 14.7 Å². The number of aliphatic hydroxyl groups is 1. The number of aliphatic hydroxyl groups excluding tert-OH is 1. The highest BCUT2D eigenvalue weighted by Gasteiger charge is 2.38. The highest BCUT2D eigenvalue weighted by molar-refractivity contribution is 5.81. The molecular weight excluding hydrogens is 262 g/mol. The molecule has 0 aliphatic carbocycles. The molecule has 0 spiro atoms.